The minimum atomic E-state index is -0.863. The number of likely N-dealkylation sites (tertiary alicyclic amines) is 1. The molecule has 0 unspecified atom stereocenters. The lowest BCUT2D eigenvalue weighted by Gasteiger charge is -2.14. The Morgan fingerprint density at radius 1 is 1.37 bits per heavy atom. The molecule has 1 fully saturated rings. The van der Waals surface area contributed by atoms with Crippen LogP contribution in [0.5, 0.6) is 0 Å². The van der Waals surface area contributed by atoms with Gasteiger partial charge in [-0.1, -0.05) is 6.92 Å². The predicted octanol–water partition coefficient (Wildman–Crippen LogP) is 1.74. The number of Topliss-reactive ketones (excluding diaryl/α,β-unsaturated/α-hetero) is 1. The van der Waals surface area contributed by atoms with Crippen LogP contribution in [0.25, 0.3) is 0 Å². The number of hydrogen-bond acceptors (Lipinski definition) is 4. The Hall–Kier alpha value is -1.69. The minimum absolute atomic E-state index is 0.0475. The fourth-order valence-corrected chi connectivity index (χ4v) is 3.16. The van der Waals surface area contributed by atoms with E-state index in [1.807, 2.05) is 6.92 Å². The second-order valence-electron chi connectivity index (χ2n) is 4.89. The average Bonchev–Trinajstić information content (AvgIpc) is 2.94. The first kappa shape index (κ1) is 13.7. The third-order valence-electron chi connectivity index (χ3n) is 3.43. The highest BCUT2D eigenvalue weighted by Gasteiger charge is 2.37. The lowest BCUT2D eigenvalue weighted by Crippen LogP contribution is -2.29. The van der Waals surface area contributed by atoms with Gasteiger partial charge in [-0.05, 0) is 18.9 Å². The van der Waals surface area contributed by atoms with Crippen LogP contribution in [0.3, 0.4) is 0 Å². The lowest BCUT2D eigenvalue weighted by atomic mass is 9.99. The van der Waals surface area contributed by atoms with Gasteiger partial charge in [-0.2, -0.15) is 0 Å². The average molecular weight is 281 g/mol. The first-order valence-corrected chi connectivity index (χ1v) is 6.89. The van der Waals surface area contributed by atoms with Crippen molar-refractivity contribution in [2.75, 3.05) is 13.1 Å². The number of amides is 1. The number of nitrogens with zero attached hydrogens (tertiary/aromatic N) is 1. The van der Waals surface area contributed by atoms with Crippen molar-refractivity contribution in [3.8, 4) is 0 Å². The number of carboxylic acid groups (broad SMARTS) is 1. The van der Waals surface area contributed by atoms with Gasteiger partial charge in [-0.3, -0.25) is 14.4 Å². The number of carbonyl (C=O) groups excluding carboxylic acids is 2. The Kier molecular flexibility index (Phi) is 3.71. The molecule has 0 saturated carbocycles. The Labute approximate surface area is 114 Å². The molecule has 1 saturated heterocycles. The Bertz CT molecular complexity index is 537. The van der Waals surface area contributed by atoms with E-state index in [0.29, 0.717) is 17.0 Å². The largest absolute Gasteiger partial charge is 0.481 e. The zero-order valence-corrected chi connectivity index (χ0v) is 11.6. The van der Waals surface area contributed by atoms with Crippen LogP contribution in [-0.2, 0) is 4.79 Å². The van der Waals surface area contributed by atoms with E-state index in [4.69, 9.17) is 5.11 Å². The summed E-state index contributed by atoms with van der Waals surface area (Å²) in [4.78, 5) is 36.5. The summed E-state index contributed by atoms with van der Waals surface area (Å²) in [6, 6.07) is 1.58. The normalized spacial score (nSPS) is 22.5. The van der Waals surface area contributed by atoms with Crippen molar-refractivity contribution >= 4 is 29.0 Å². The predicted molar refractivity (Wildman–Crippen MR) is 70.5 cm³/mol. The van der Waals surface area contributed by atoms with Crippen molar-refractivity contribution < 1.29 is 19.5 Å². The Balaban J connectivity index is 2.12. The molecule has 1 aromatic heterocycles. The van der Waals surface area contributed by atoms with Gasteiger partial charge in [0.2, 0.25) is 0 Å². The summed E-state index contributed by atoms with van der Waals surface area (Å²) < 4.78 is 0. The number of thiophene rings is 1. The molecule has 2 atom stereocenters. The zero-order chi connectivity index (χ0) is 14.2. The summed E-state index contributed by atoms with van der Waals surface area (Å²) in [6.45, 7) is 3.97. The van der Waals surface area contributed by atoms with Crippen molar-refractivity contribution in [2.45, 2.75) is 13.8 Å². The SMILES string of the molecule is CC(=O)c1csc(C(=O)N2C[C@@H](C)[C@H](C(=O)O)C2)c1. The second kappa shape index (κ2) is 5.13. The van der Waals surface area contributed by atoms with Crippen molar-refractivity contribution in [3.63, 3.8) is 0 Å². The van der Waals surface area contributed by atoms with Crippen LogP contribution in [0.15, 0.2) is 11.4 Å². The summed E-state index contributed by atoms with van der Waals surface area (Å²) in [5, 5.41) is 10.7. The molecule has 1 aromatic rings. The molecular formula is C13H15NO4S. The molecule has 1 aliphatic rings. The van der Waals surface area contributed by atoms with Crippen molar-refractivity contribution in [3.05, 3.63) is 21.9 Å². The molecule has 1 N–H and O–H groups in total. The Morgan fingerprint density at radius 2 is 2.05 bits per heavy atom. The molecule has 0 spiro atoms. The minimum Gasteiger partial charge on any atom is -0.481 e. The summed E-state index contributed by atoms with van der Waals surface area (Å²) >= 11 is 1.22. The number of carbonyl (C=O) groups is 3. The standard InChI is InChI=1S/C13H15NO4S/c1-7-4-14(5-10(7)13(17)18)12(16)11-3-9(6-19-11)8(2)15/h3,6-7,10H,4-5H2,1-2H3,(H,17,18)/t7-,10-/m1/s1. The summed E-state index contributed by atoms with van der Waals surface area (Å²) in [5.41, 5.74) is 0.523. The zero-order valence-electron chi connectivity index (χ0n) is 10.8. The van der Waals surface area contributed by atoms with E-state index in [1.54, 1.807) is 16.3 Å². The maximum Gasteiger partial charge on any atom is 0.308 e. The molecule has 1 aliphatic heterocycles. The van der Waals surface area contributed by atoms with E-state index < -0.39 is 11.9 Å². The molecule has 0 aliphatic carbocycles. The third kappa shape index (κ3) is 2.68. The maximum absolute atomic E-state index is 12.2. The maximum atomic E-state index is 12.2. The van der Waals surface area contributed by atoms with Gasteiger partial charge in [-0.15, -0.1) is 11.3 Å². The molecule has 1 amide bonds. The van der Waals surface area contributed by atoms with Crippen molar-refractivity contribution in [2.24, 2.45) is 11.8 Å². The van der Waals surface area contributed by atoms with E-state index >= 15 is 0 Å². The fourth-order valence-electron chi connectivity index (χ4n) is 2.24. The molecule has 5 nitrogen and oxygen atoms in total. The monoisotopic (exact) mass is 281 g/mol. The van der Waals surface area contributed by atoms with Gasteiger partial charge in [0, 0.05) is 24.0 Å². The van der Waals surface area contributed by atoms with E-state index in [-0.39, 0.29) is 24.2 Å². The first-order valence-electron chi connectivity index (χ1n) is 6.01. The number of aliphatic carboxylic acids is 1. The molecule has 0 radical (unpaired) electrons. The van der Waals surface area contributed by atoms with Crippen molar-refractivity contribution in [1.82, 2.24) is 4.90 Å². The highest BCUT2D eigenvalue weighted by atomic mass is 32.1. The van der Waals surface area contributed by atoms with E-state index in [1.165, 1.54) is 18.3 Å². The Morgan fingerprint density at radius 3 is 2.53 bits per heavy atom. The molecule has 0 bridgehead atoms. The van der Waals surface area contributed by atoms with Gasteiger partial charge in [0.15, 0.2) is 5.78 Å². The van der Waals surface area contributed by atoms with Gasteiger partial charge in [0.05, 0.1) is 10.8 Å². The van der Waals surface area contributed by atoms with Crippen LogP contribution in [0.2, 0.25) is 0 Å². The smallest absolute Gasteiger partial charge is 0.308 e. The number of ketones is 1. The van der Waals surface area contributed by atoms with E-state index in [0.717, 1.165) is 0 Å². The third-order valence-corrected chi connectivity index (χ3v) is 4.35. The molecule has 6 heteroatoms. The molecule has 19 heavy (non-hydrogen) atoms. The summed E-state index contributed by atoms with van der Waals surface area (Å²) in [6.07, 6.45) is 0. The van der Waals surface area contributed by atoms with Gasteiger partial charge < -0.3 is 10.0 Å². The highest BCUT2D eigenvalue weighted by Crippen LogP contribution is 2.26. The molecule has 2 heterocycles. The van der Waals surface area contributed by atoms with Crippen LogP contribution in [0.1, 0.15) is 33.9 Å². The van der Waals surface area contributed by atoms with Crippen LogP contribution in [-0.4, -0.2) is 40.8 Å². The lowest BCUT2D eigenvalue weighted by molar-refractivity contribution is -0.142. The summed E-state index contributed by atoms with van der Waals surface area (Å²) in [7, 11) is 0. The number of carboxylic acids is 1. The van der Waals surface area contributed by atoms with E-state index in [9.17, 15) is 14.4 Å². The molecule has 2 rings (SSSR count). The topological polar surface area (TPSA) is 74.7 Å². The first-order chi connectivity index (χ1) is 8.90. The van der Waals surface area contributed by atoms with Gasteiger partial charge in [0.25, 0.3) is 5.91 Å². The van der Waals surface area contributed by atoms with Gasteiger partial charge in [-0.25, -0.2) is 0 Å². The van der Waals surface area contributed by atoms with E-state index in [2.05, 4.69) is 0 Å². The van der Waals surface area contributed by atoms with Crippen LogP contribution in [0, 0.1) is 11.8 Å². The second-order valence-corrected chi connectivity index (χ2v) is 5.80. The van der Waals surface area contributed by atoms with Gasteiger partial charge in [0.1, 0.15) is 0 Å². The van der Waals surface area contributed by atoms with Gasteiger partial charge >= 0.3 is 5.97 Å². The number of rotatable bonds is 3. The number of hydrogen-bond donors (Lipinski definition) is 1. The molecular weight excluding hydrogens is 266 g/mol. The quantitative estimate of drug-likeness (QED) is 0.856. The highest BCUT2D eigenvalue weighted by molar-refractivity contribution is 7.12. The van der Waals surface area contributed by atoms with Crippen LogP contribution >= 0.6 is 11.3 Å². The molecule has 0 aromatic carbocycles. The van der Waals surface area contributed by atoms with Crippen LogP contribution < -0.4 is 0 Å². The summed E-state index contributed by atoms with van der Waals surface area (Å²) in [5.74, 6) is -1.68. The van der Waals surface area contributed by atoms with Crippen molar-refractivity contribution in [1.29, 1.82) is 0 Å². The van der Waals surface area contributed by atoms with Crippen LogP contribution in [0.4, 0.5) is 0 Å². The fraction of sp³-hybridized carbons (Fsp3) is 0.462. The molecule has 102 valence electrons.